The second-order valence-electron chi connectivity index (χ2n) is 4.16. The third-order valence-corrected chi connectivity index (χ3v) is 4.35. The molecule has 0 bridgehead atoms. The fourth-order valence-electron chi connectivity index (χ4n) is 1.43. The molecule has 110 valence electrons. The standard InChI is InChI=1S/C11H13IN2O5S/c1-20(18,19)6-2-5-13-11(15)9-7-8(14(16)17)3-4-10(9)12/h3-4,7H,2,5-6H2,1H3,(H,13,15). The molecule has 0 atom stereocenters. The van der Waals surface area contributed by atoms with E-state index in [0.717, 1.165) is 6.26 Å². The highest BCUT2D eigenvalue weighted by molar-refractivity contribution is 14.1. The maximum absolute atomic E-state index is 11.9. The second-order valence-corrected chi connectivity index (χ2v) is 7.58. The molecule has 0 unspecified atom stereocenters. The first-order chi connectivity index (χ1) is 9.20. The molecule has 0 aliphatic heterocycles. The highest BCUT2D eigenvalue weighted by atomic mass is 127. The molecule has 0 spiro atoms. The molecule has 0 aliphatic carbocycles. The van der Waals surface area contributed by atoms with Crippen molar-refractivity contribution in [3.05, 3.63) is 37.4 Å². The smallest absolute Gasteiger partial charge is 0.270 e. The van der Waals surface area contributed by atoms with Gasteiger partial charge in [-0.05, 0) is 35.1 Å². The lowest BCUT2D eigenvalue weighted by molar-refractivity contribution is -0.384. The molecule has 0 saturated heterocycles. The molecule has 1 rings (SSSR count). The number of hydrogen-bond donors (Lipinski definition) is 1. The summed E-state index contributed by atoms with van der Waals surface area (Å²) in [5.74, 6) is -0.467. The summed E-state index contributed by atoms with van der Waals surface area (Å²) in [6.07, 6.45) is 1.42. The van der Waals surface area contributed by atoms with Crippen LogP contribution >= 0.6 is 22.6 Å². The topological polar surface area (TPSA) is 106 Å². The van der Waals surface area contributed by atoms with E-state index < -0.39 is 20.7 Å². The lowest BCUT2D eigenvalue weighted by atomic mass is 10.2. The molecule has 0 radical (unpaired) electrons. The summed E-state index contributed by atoms with van der Waals surface area (Å²) in [5, 5.41) is 13.2. The Bertz CT molecular complexity index is 630. The molecule has 0 aromatic heterocycles. The number of rotatable bonds is 6. The van der Waals surface area contributed by atoms with Crippen molar-refractivity contribution in [2.75, 3.05) is 18.6 Å². The predicted molar refractivity (Wildman–Crippen MR) is 82.5 cm³/mol. The summed E-state index contributed by atoms with van der Waals surface area (Å²) in [5.41, 5.74) is 0.0471. The molecule has 0 heterocycles. The zero-order valence-corrected chi connectivity index (χ0v) is 13.6. The van der Waals surface area contributed by atoms with Crippen LogP contribution in [0.3, 0.4) is 0 Å². The van der Waals surface area contributed by atoms with Crippen LogP contribution in [0.15, 0.2) is 18.2 Å². The number of carbonyl (C=O) groups is 1. The van der Waals surface area contributed by atoms with Crippen LogP contribution < -0.4 is 5.32 Å². The number of non-ortho nitro benzene ring substituents is 1. The Balaban J connectivity index is 2.68. The molecule has 9 heteroatoms. The molecule has 1 aromatic carbocycles. The number of nitrogens with one attached hydrogen (secondary N) is 1. The van der Waals surface area contributed by atoms with E-state index in [1.165, 1.54) is 18.2 Å². The van der Waals surface area contributed by atoms with E-state index in [1.54, 1.807) is 0 Å². The Morgan fingerprint density at radius 3 is 2.65 bits per heavy atom. The molecule has 0 aliphatic rings. The molecule has 1 aromatic rings. The van der Waals surface area contributed by atoms with Crippen LogP contribution in [0.5, 0.6) is 0 Å². The van der Waals surface area contributed by atoms with Gasteiger partial charge >= 0.3 is 0 Å². The summed E-state index contributed by atoms with van der Waals surface area (Å²) in [6, 6.07) is 4.01. The Labute approximate surface area is 130 Å². The third kappa shape index (κ3) is 5.41. The van der Waals surface area contributed by atoms with Gasteiger partial charge in [0.05, 0.1) is 16.2 Å². The van der Waals surface area contributed by atoms with Crippen LogP contribution in [0.25, 0.3) is 0 Å². The number of sulfone groups is 1. The van der Waals surface area contributed by atoms with E-state index in [0.29, 0.717) is 9.99 Å². The fourth-order valence-corrected chi connectivity index (χ4v) is 2.68. The maximum Gasteiger partial charge on any atom is 0.270 e. The van der Waals surface area contributed by atoms with Gasteiger partial charge in [0.1, 0.15) is 9.84 Å². The lowest BCUT2D eigenvalue weighted by Gasteiger charge is -2.06. The monoisotopic (exact) mass is 412 g/mol. The van der Waals surface area contributed by atoms with E-state index in [4.69, 9.17) is 0 Å². The number of carbonyl (C=O) groups excluding carboxylic acids is 1. The molecular formula is C11H13IN2O5S. The van der Waals surface area contributed by atoms with Gasteiger partial charge < -0.3 is 5.32 Å². The fraction of sp³-hybridized carbons (Fsp3) is 0.364. The number of benzene rings is 1. The summed E-state index contributed by atoms with van der Waals surface area (Å²) >= 11 is 1.91. The van der Waals surface area contributed by atoms with E-state index in [9.17, 15) is 23.3 Å². The highest BCUT2D eigenvalue weighted by Crippen LogP contribution is 2.19. The normalized spacial score (nSPS) is 11.1. The van der Waals surface area contributed by atoms with Crippen LogP contribution in [-0.4, -0.2) is 37.8 Å². The van der Waals surface area contributed by atoms with Gasteiger partial charge in [0.25, 0.3) is 11.6 Å². The van der Waals surface area contributed by atoms with Crippen LogP contribution in [-0.2, 0) is 9.84 Å². The first-order valence-electron chi connectivity index (χ1n) is 5.60. The van der Waals surface area contributed by atoms with Crippen molar-refractivity contribution in [1.29, 1.82) is 0 Å². The Hall–Kier alpha value is -1.23. The van der Waals surface area contributed by atoms with Crippen molar-refractivity contribution >= 4 is 44.0 Å². The molecule has 1 amide bonds. The molecule has 20 heavy (non-hydrogen) atoms. The maximum atomic E-state index is 11.9. The van der Waals surface area contributed by atoms with Gasteiger partial charge in [-0.3, -0.25) is 14.9 Å². The third-order valence-electron chi connectivity index (χ3n) is 2.38. The van der Waals surface area contributed by atoms with Crippen molar-refractivity contribution in [3.63, 3.8) is 0 Å². The number of halogens is 1. The number of hydrogen-bond acceptors (Lipinski definition) is 5. The van der Waals surface area contributed by atoms with E-state index in [1.807, 2.05) is 22.6 Å². The van der Waals surface area contributed by atoms with Gasteiger partial charge in [-0.2, -0.15) is 0 Å². The van der Waals surface area contributed by atoms with Gasteiger partial charge in [0.2, 0.25) is 0 Å². The number of nitro groups is 1. The summed E-state index contributed by atoms with van der Waals surface area (Å²) in [6.45, 7) is 0.199. The largest absolute Gasteiger partial charge is 0.352 e. The summed E-state index contributed by atoms with van der Waals surface area (Å²) in [4.78, 5) is 22.0. The summed E-state index contributed by atoms with van der Waals surface area (Å²) in [7, 11) is -3.05. The quantitative estimate of drug-likeness (QED) is 0.329. The minimum atomic E-state index is -3.05. The van der Waals surface area contributed by atoms with Crippen LogP contribution in [0.2, 0.25) is 0 Å². The molecular weight excluding hydrogens is 399 g/mol. The molecule has 0 saturated carbocycles. The number of nitrogens with zero attached hydrogens (tertiary/aromatic N) is 1. The first kappa shape index (κ1) is 16.8. The SMILES string of the molecule is CS(=O)(=O)CCCNC(=O)c1cc([N+](=O)[O-])ccc1I. The molecule has 0 fully saturated rings. The van der Waals surface area contributed by atoms with Crippen molar-refractivity contribution in [1.82, 2.24) is 5.32 Å². The number of amides is 1. The van der Waals surface area contributed by atoms with Gasteiger partial charge in [-0.15, -0.1) is 0 Å². The van der Waals surface area contributed by atoms with Crippen LogP contribution in [0.1, 0.15) is 16.8 Å². The zero-order valence-electron chi connectivity index (χ0n) is 10.6. The van der Waals surface area contributed by atoms with E-state index >= 15 is 0 Å². The van der Waals surface area contributed by atoms with Gasteiger partial charge in [0.15, 0.2) is 0 Å². The Kier molecular flexibility index (Phi) is 5.87. The minimum absolute atomic E-state index is 0.0146. The average molecular weight is 412 g/mol. The van der Waals surface area contributed by atoms with Gasteiger partial charge in [-0.25, -0.2) is 8.42 Å². The molecule has 1 N–H and O–H groups in total. The Morgan fingerprint density at radius 2 is 2.10 bits per heavy atom. The van der Waals surface area contributed by atoms with E-state index in [-0.39, 0.29) is 23.5 Å². The summed E-state index contributed by atoms with van der Waals surface area (Å²) < 4.78 is 22.5. The van der Waals surface area contributed by atoms with E-state index in [2.05, 4.69) is 5.32 Å². The van der Waals surface area contributed by atoms with Gasteiger partial charge in [0, 0.05) is 28.5 Å². The average Bonchev–Trinajstić information content (AvgIpc) is 2.33. The van der Waals surface area contributed by atoms with Crippen LogP contribution in [0, 0.1) is 13.7 Å². The minimum Gasteiger partial charge on any atom is -0.352 e. The molecule has 7 nitrogen and oxygen atoms in total. The first-order valence-corrected chi connectivity index (χ1v) is 8.74. The number of nitro benzene ring substituents is 1. The van der Waals surface area contributed by atoms with Gasteiger partial charge in [-0.1, -0.05) is 0 Å². The zero-order chi connectivity index (χ0) is 15.3. The highest BCUT2D eigenvalue weighted by Gasteiger charge is 2.15. The Morgan fingerprint density at radius 1 is 1.45 bits per heavy atom. The van der Waals surface area contributed by atoms with Crippen molar-refractivity contribution in [2.45, 2.75) is 6.42 Å². The van der Waals surface area contributed by atoms with Crippen molar-refractivity contribution < 1.29 is 18.1 Å². The van der Waals surface area contributed by atoms with Crippen molar-refractivity contribution in [3.8, 4) is 0 Å². The second kappa shape index (κ2) is 6.97. The van der Waals surface area contributed by atoms with Crippen molar-refractivity contribution in [2.24, 2.45) is 0 Å². The predicted octanol–water partition coefficient (Wildman–Crippen LogP) is 1.36. The van der Waals surface area contributed by atoms with Crippen LogP contribution in [0.4, 0.5) is 5.69 Å². The lowest BCUT2D eigenvalue weighted by Crippen LogP contribution is -2.26.